The number of nitrogen functional groups attached to an aromatic ring is 1. The lowest BCUT2D eigenvalue weighted by Crippen LogP contribution is -2.14. The van der Waals surface area contributed by atoms with Gasteiger partial charge in [0, 0.05) is 24.5 Å². The van der Waals surface area contributed by atoms with E-state index in [-0.39, 0.29) is 6.10 Å². The van der Waals surface area contributed by atoms with Crippen molar-refractivity contribution in [2.45, 2.75) is 36.6 Å². The van der Waals surface area contributed by atoms with Crippen LogP contribution in [0.3, 0.4) is 0 Å². The summed E-state index contributed by atoms with van der Waals surface area (Å²) in [5.41, 5.74) is 5.69. The molecule has 2 rings (SSSR count). The van der Waals surface area contributed by atoms with Gasteiger partial charge < -0.3 is 15.8 Å². The van der Waals surface area contributed by atoms with Crippen LogP contribution in [0.15, 0.2) is 11.1 Å². The number of nitrogens with two attached hydrogens (primary N) is 1. The van der Waals surface area contributed by atoms with Crippen molar-refractivity contribution in [3.63, 3.8) is 0 Å². The zero-order valence-electron chi connectivity index (χ0n) is 10.1. The lowest BCUT2D eigenvalue weighted by Gasteiger charge is -2.13. The fourth-order valence-electron chi connectivity index (χ4n) is 1.80. The van der Waals surface area contributed by atoms with E-state index in [0.717, 1.165) is 30.4 Å². The number of nitrogens with zero attached hydrogens (tertiary/aromatic N) is 2. The van der Waals surface area contributed by atoms with Crippen LogP contribution in [0.5, 0.6) is 0 Å². The highest BCUT2D eigenvalue weighted by Gasteiger charge is 2.25. The molecule has 0 aromatic carbocycles. The Labute approximate surface area is 106 Å². The molecule has 94 valence electrons. The molecule has 0 spiro atoms. The highest BCUT2D eigenvalue weighted by Crippen LogP contribution is 2.32. The predicted octanol–water partition coefficient (Wildman–Crippen LogP) is 1.76. The van der Waals surface area contributed by atoms with Crippen LogP contribution in [0.1, 0.15) is 20.3 Å². The van der Waals surface area contributed by atoms with Gasteiger partial charge in [0.2, 0.25) is 5.95 Å². The third-order valence-corrected chi connectivity index (χ3v) is 4.03. The molecule has 5 nitrogen and oxygen atoms in total. The summed E-state index contributed by atoms with van der Waals surface area (Å²) in [6.07, 6.45) is 1.34. The monoisotopic (exact) mass is 254 g/mol. The van der Waals surface area contributed by atoms with Crippen molar-refractivity contribution in [2.24, 2.45) is 0 Å². The summed E-state index contributed by atoms with van der Waals surface area (Å²) in [6.45, 7) is 5.78. The largest absolute Gasteiger partial charge is 0.377 e. The second kappa shape index (κ2) is 5.55. The van der Waals surface area contributed by atoms with Gasteiger partial charge in [-0.2, -0.15) is 4.98 Å². The summed E-state index contributed by atoms with van der Waals surface area (Å²) in [5, 5.41) is 4.52. The average Bonchev–Trinajstić information content (AvgIpc) is 2.64. The Kier molecular flexibility index (Phi) is 4.06. The van der Waals surface area contributed by atoms with E-state index in [1.807, 2.05) is 13.0 Å². The number of hydrogen-bond donors (Lipinski definition) is 2. The molecule has 1 saturated heterocycles. The van der Waals surface area contributed by atoms with E-state index in [2.05, 4.69) is 22.2 Å². The van der Waals surface area contributed by atoms with Gasteiger partial charge in [-0.3, -0.25) is 0 Å². The van der Waals surface area contributed by atoms with E-state index in [1.54, 1.807) is 11.8 Å². The molecule has 2 unspecified atom stereocenters. The zero-order valence-corrected chi connectivity index (χ0v) is 11.0. The first-order valence-electron chi connectivity index (χ1n) is 5.85. The van der Waals surface area contributed by atoms with Gasteiger partial charge in [0.05, 0.1) is 6.10 Å². The molecule has 1 aliphatic heterocycles. The highest BCUT2D eigenvalue weighted by atomic mass is 32.2. The van der Waals surface area contributed by atoms with E-state index in [9.17, 15) is 0 Å². The van der Waals surface area contributed by atoms with Crippen molar-refractivity contribution in [1.82, 2.24) is 9.97 Å². The molecule has 2 heterocycles. The minimum atomic E-state index is 0.277. The third-order valence-electron chi connectivity index (χ3n) is 2.66. The molecule has 6 heteroatoms. The molecular formula is C11H18N4OS. The van der Waals surface area contributed by atoms with Crippen molar-refractivity contribution >= 4 is 23.5 Å². The zero-order chi connectivity index (χ0) is 12.3. The predicted molar refractivity (Wildman–Crippen MR) is 70.3 cm³/mol. The highest BCUT2D eigenvalue weighted by molar-refractivity contribution is 7.99. The summed E-state index contributed by atoms with van der Waals surface area (Å²) in [4.78, 5) is 8.38. The van der Waals surface area contributed by atoms with Gasteiger partial charge >= 0.3 is 0 Å². The van der Waals surface area contributed by atoms with Crippen LogP contribution in [0.2, 0.25) is 0 Å². The number of thioether (sulfide) groups is 1. The number of anilines is 2. The quantitative estimate of drug-likeness (QED) is 0.798. The Hall–Kier alpha value is -1.01. The Morgan fingerprint density at radius 3 is 3.06 bits per heavy atom. The molecule has 1 aromatic rings. The Morgan fingerprint density at radius 1 is 1.59 bits per heavy atom. The molecule has 0 saturated carbocycles. The third kappa shape index (κ3) is 3.23. The summed E-state index contributed by atoms with van der Waals surface area (Å²) < 4.78 is 5.53. The molecule has 1 aromatic heterocycles. The van der Waals surface area contributed by atoms with E-state index < -0.39 is 0 Å². The van der Waals surface area contributed by atoms with E-state index in [1.165, 1.54) is 0 Å². The average molecular weight is 254 g/mol. The summed E-state index contributed by atoms with van der Waals surface area (Å²) >= 11 is 1.72. The molecule has 1 aliphatic rings. The number of hydrogen-bond acceptors (Lipinski definition) is 6. The first-order valence-corrected chi connectivity index (χ1v) is 6.73. The van der Waals surface area contributed by atoms with Crippen molar-refractivity contribution in [1.29, 1.82) is 0 Å². The van der Waals surface area contributed by atoms with Gasteiger partial charge in [0.1, 0.15) is 10.8 Å². The van der Waals surface area contributed by atoms with E-state index in [0.29, 0.717) is 11.2 Å². The second-order valence-corrected chi connectivity index (χ2v) is 5.26. The molecule has 17 heavy (non-hydrogen) atoms. The Balaban J connectivity index is 2.09. The van der Waals surface area contributed by atoms with Gasteiger partial charge in [0.15, 0.2) is 0 Å². The maximum Gasteiger partial charge on any atom is 0.223 e. The fraction of sp³-hybridized carbons (Fsp3) is 0.636. The van der Waals surface area contributed by atoms with Gasteiger partial charge in [-0.25, -0.2) is 4.98 Å². The lowest BCUT2D eigenvalue weighted by atomic mass is 10.3. The normalized spacial score (nSPS) is 23.9. The number of nitrogens with one attached hydrogen (secondary N) is 1. The van der Waals surface area contributed by atoms with Crippen molar-refractivity contribution < 1.29 is 4.74 Å². The van der Waals surface area contributed by atoms with Gasteiger partial charge in [0.25, 0.3) is 0 Å². The number of rotatable bonds is 4. The SMILES string of the molecule is CCNc1cc(SC2CCOC2C)nc(N)n1. The van der Waals surface area contributed by atoms with Crippen molar-refractivity contribution in [3.05, 3.63) is 6.07 Å². The van der Waals surface area contributed by atoms with E-state index >= 15 is 0 Å². The standard InChI is InChI=1S/C11H18N4OS/c1-3-13-9-6-10(15-11(12)14-9)17-8-4-5-16-7(8)2/h6-8H,3-5H2,1-2H3,(H3,12,13,14,15). The molecule has 0 bridgehead atoms. The first kappa shape index (κ1) is 12.4. The number of ether oxygens (including phenoxy) is 1. The van der Waals surface area contributed by atoms with Crippen LogP contribution in [-0.4, -0.2) is 34.5 Å². The maximum absolute atomic E-state index is 5.69. The van der Waals surface area contributed by atoms with Crippen LogP contribution >= 0.6 is 11.8 Å². The second-order valence-electron chi connectivity index (χ2n) is 4.00. The lowest BCUT2D eigenvalue weighted by molar-refractivity contribution is 0.127. The van der Waals surface area contributed by atoms with Crippen molar-refractivity contribution in [2.75, 3.05) is 24.2 Å². The molecule has 0 radical (unpaired) electrons. The van der Waals surface area contributed by atoms with Gasteiger partial charge in [-0.05, 0) is 20.3 Å². The molecule has 3 N–H and O–H groups in total. The van der Waals surface area contributed by atoms with Crippen LogP contribution in [0, 0.1) is 0 Å². The van der Waals surface area contributed by atoms with E-state index in [4.69, 9.17) is 10.5 Å². The summed E-state index contributed by atoms with van der Waals surface area (Å²) in [7, 11) is 0. The fourth-order valence-corrected chi connectivity index (χ4v) is 2.92. The summed E-state index contributed by atoms with van der Waals surface area (Å²) in [5.74, 6) is 1.10. The number of aromatic nitrogens is 2. The van der Waals surface area contributed by atoms with Gasteiger partial charge in [-0.1, -0.05) is 11.8 Å². The smallest absolute Gasteiger partial charge is 0.223 e. The molecule has 0 amide bonds. The van der Waals surface area contributed by atoms with Crippen LogP contribution < -0.4 is 11.1 Å². The van der Waals surface area contributed by atoms with Crippen LogP contribution in [0.4, 0.5) is 11.8 Å². The minimum Gasteiger partial charge on any atom is -0.377 e. The molecule has 0 aliphatic carbocycles. The molecule has 2 atom stereocenters. The minimum absolute atomic E-state index is 0.277. The first-order chi connectivity index (χ1) is 8.19. The maximum atomic E-state index is 5.69. The topological polar surface area (TPSA) is 73.1 Å². The van der Waals surface area contributed by atoms with Gasteiger partial charge in [-0.15, -0.1) is 0 Å². The van der Waals surface area contributed by atoms with Crippen LogP contribution in [-0.2, 0) is 4.74 Å². The Morgan fingerprint density at radius 2 is 2.41 bits per heavy atom. The summed E-state index contributed by atoms with van der Waals surface area (Å²) in [6, 6.07) is 1.94. The van der Waals surface area contributed by atoms with Crippen molar-refractivity contribution in [3.8, 4) is 0 Å². The molecular weight excluding hydrogens is 236 g/mol. The molecule has 1 fully saturated rings. The Bertz CT molecular complexity index is 388. The van der Waals surface area contributed by atoms with Crippen LogP contribution in [0.25, 0.3) is 0 Å².